The van der Waals surface area contributed by atoms with Gasteiger partial charge in [0.25, 0.3) is 0 Å². The number of methoxy groups -OCH3 is 2. The van der Waals surface area contributed by atoms with Crippen molar-refractivity contribution in [3.63, 3.8) is 0 Å². The van der Waals surface area contributed by atoms with Gasteiger partial charge in [-0.3, -0.25) is 0 Å². The van der Waals surface area contributed by atoms with E-state index in [4.69, 9.17) is 19.2 Å². The molecule has 0 bridgehead atoms. The molecular formula is C21H25N5O3. The summed E-state index contributed by atoms with van der Waals surface area (Å²) < 4.78 is 17.3. The van der Waals surface area contributed by atoms with Gasteiger partial charge in [-0.05, 0) is 24.3 Å². The molecule has 8 nitrogen and oxygen atoms in total. The van der Waals surface area contributed by atoms with Gasteiger partial charge in [-0.15, -0.1) is 0 Å². The molecule has 2 aromatic rings. The highest BCUT2D eigenvalue weighted by Crippen LogP contribution is 2.37. The Kier molecular flexibility index (Phi) is 5.62. The number of benzene rings is 1. The van der Waals surface area contributed by atoms with Gasteiger partial charge in [0.05, 0.1) is 44.3 Å². The second-order valence-corrected chi connectivity index (χ2v) is 6.86. The summed E-state index contributed by atoms with van der Waals surface area (Å²) in [7, 11) is 5.37. The molecule has 0 radical (unpaired) electrons. The third-order valence-electron chi connectivity index (χ3n) is 5.10. The third-order valence-corrected chi connectivity index (χ3v) is 5.10. The predicted octanol–water partition coefficient (Wildman–Crippen LogP) is 2.21. The van der Waals surface area contributed by atoms with Crippen molar-refractivity contribution in [3.8, 4) is 11.5 Å². The maximum atomic E-state index is 6.11. The Morgan fingerprint density at radius 2 is 1.93 bits per heavy atom. The van der Waals surface area contributed by atoms with Crippen molar-refractivity contribution in [2.75, 3.05) is 47.5 Å². The van der Waals surface area contributed by atoms with Crippen molar-refractivity contribution in [1.29, 1.82) is 0 Å². The van der Waals surface area contributed by atoms with Crippen molar-refractivity contribution in [3.05, 3.63) is 54.1 Å². The van der Waals surface area contributed by atoms with E-state index in [9.17, 15) is 0 Å². The number of hydrogen-bond donors (Lipinski definition) is 0. The quantitative estimate of drug-likeness (QED) is 0.786. The summed E-state index contributed by atoms with van der Waals surface area (Å²) >= 11 is 0. The van der Waals surface area contributed by atoms with Gasteiger partial charge >= 0.3 is 0 Å². The van der Waals surface area contributed by atoms with Gasteiger partial charge in [-0.1, -0.05) is 6.07 Å². The van der Waals surface area contributed by atoms with E-state index in [1.165, 1.54) is 0 Å². The molecule has 0 aliphatic carbocycles. The number of aliphatic imine (C=N–C) groups is 1. The number of likely N-dealkylation sites (N-methyl/N-ethyl adjacent to an activating group) is 1. The van der Waals surface area contributed by atoms with Crippen LogP contribution in [0, 0.1) is 0 Å². The molecule has 29 heavy (non-hydrogen) atoms. The van der Waals surface area contributed by atoms with Crippen molar-refractivity contribution in [2.24, 2.45) is 4.99 Å². The van der Waals surface area contributed by atoms with E-state index in [2.05, 4.69) is 25.8 Å². The molecule has 152 valence electrons. The topological polar surface area (TPSA) is 72.3 Å². The lowest BCUT2D eigenvalue weighted by molar-refractivity contribution is -0.0123. The molecule has 0 saturated carbocycles. The van der Waals surface area contributed by atoms with Crippen molar-refractivity contribution in [1.82, 2.24) is 19.8 Å². The molecule has 4 rings (SSSR count). The first-order valence-electron chi connectivity index (χ1n) is 9.55. The van der Waals surface area contributed by atoms with E-state index in [1.54, 1.807) is 26.7 Å². The highest BCUT2D eigenvalue weighted by Gasteiger charge is 2.31. The molecule has 1 aromatic carbocycles. The Balaban J connectivity index is 1.62. The van der Waals surface area contributed by atoms with E-state index in [0.717, 1.165) is 47.5 Å². The molecule has 1 unspecified atom stereocenters. The molecule has 8 heteroatoms. The fraction of sp³-hybridized carbons (Fsp3) is 0.381. The zero-order valence-electron chi connectivity index (χ0n) is 16.9. The number of ether oxygens (including phenoxy) is 3. The number of nitrogens with zero attached hydrogens (tertiary/aromatic N) is 5. The molecule has 2 aliphatic rings. The number of rotatable bonds is 4. The second-order valence-electron chi connectivity index (χ2n) is 6.86. The van der Waals surface area contributed by atoms with E-state index in [-0.39, 0.29) is 6.10 Å². The van der Waals surface area contributed by atoms with Gasteiger partial charge in [0.15, 0.2) is 0 Å². The third kappa shape index (κ3) is 3.88. The molecule has 1 aromatic heterocycles. The highest BCUT2D eigenvalue weighted by atomic mass is 16.5. The van der Waals surface area contributed by atoms with Gasteiger partial charge in [0.1, 0.15) is 23.9 Å². The minimum absolute atomic E-state index is 0.181. The maximum Gasteiger partial charge on any atom is 0.202 e. The fourth-order valence-corrected chi connectivity index (χ4v) is 3.66. The first-order chi connectivity index (χ1) is 14.2. The Hall–Kier alpha value is -3.13. The molecule has 2 aliphatic heterocycles. The van der Waals surface area contributed by atoms with E-state index < -0.39 is 0 Å². The van der Waals surface area contributed by atoms with Crippen molar-refractivity contribution in [2.45, 2.75) is 6.10 Å². The standard InChI is InChI=1S/C21H25N5O3/c1-25-10-8-16(15-7-9-22-14-23-15)24-21(25)26-11-12-29-19(13-26)20-17(27-2)5-4-6-18(20)28-3/h4-9,14,19H,10-13H2,1-3H3. The summed E-state index contributed by atoms with van der Waals surface area (Å²) in [4.78, 5) is 17.6. The fourth-order valence-electron chi connectivity index (χ4n) is 3.66. The maximum absolute atomic E-state index is 6.11. The van der Waals surface area contributed by atoms with Crippen LogP contribution in [0.4, 0.5) is 0 Å². The molecule has 1 fully saturated rings. The highest BCUT2D eigenvalue weighted by molar-refractivity contribution is 5.88. The average Bonchev–Trinajstić information content (AvgIpc) is 2.79. The van der Waals surface area contributed by atoms with Crippen LogP contribution in [0.1, 0.15) is 17.4 Å². The molecule has 1 saturated heterocycles. The Labute approximate surface area is 170 Å². The van der Waals surface area contributed by atoms with Crippen LogP contribution in [0.15, 0.2) is 47.9 Å². The van der Waals surface area contributed by atoms with Crippen LogP contribution < -0.4 is 9.47 Å². The SMILES string of the molecule is COc1cccc(OC)c1C1CN(C2=NC(c3ccncn3)=CCN2C)CCO1. The number of guanidine groups is 1. The van der Waals surface area contributed by atoms with Gasteiger partial charge in [-0.25, -0.2) is 15.0 Å². The normalized spacial score (nSPS) is 19.5. The van der Waals surface area contributed by atoms with Gasteiger partial charge in [0.2, 0.25) is 5.96 Å². The molecule has 1 atom stereocenters. The lowest BCUT2D eigenvalue weighted by Gasteiger charge is -2.39. The smallest absolute Gasteiger partial charge is 0.202 e. The minimum Gasteiger partial charge on any atom is -0.496 e. The number of hydrogen-bond acceptors (Lipinski definition) is 8. The Morgan fingerprint density at radius 1 is 1.14 bits per heavy atom. The zero-order chi connectivity index (χ0) is 20.2. The van der Waals surface area contributed by atoms with Gasteiger partial charge in [-0.2, -0.15) is 0 Å². The largest absolute Gasteiger partial charge is 0.496 e. The van der Waals surface area contributed by atoms with Gasteiger partial charge in [0, 0.05) is 26.3 Å². The summed E-state index contributed by atoms with van der Waals surface area (Å²) in [6.45, 7) is 2.76. The van der Waals surface area contributed by atoms with Crippen LogP contribution >= 0.6 is 0 Å². The second kappa shape index (κ2) is 8.48. The summed E-state index contributed by atoms with van der Waals surface area (Å²) in [5.41, 5.74) is 2.60. The average molecular weight is 395 g/mol. The number of morpholine rings is 1. The van der Waals surface area contributed by atoms with Crippen LogP contribution in [0.5, 0.6) is 11.5 Å². The summed E-state index contributed by atoms with van der Waals surface area (Å²) in [6.07, 6.45) is 5.17. The van der Waals surface area contributed by atoms with Crippen LogP contribution in [0.2, 0.25) is 0 Å². The molecule has 0 spiro atoms. The van der Waals surface area contributed by atoms with E-state index in [0.29, 0.717) is 13.2 Å². The monoisotopic (exact) mass is 395 g/mol. The minimum atomic E-state index is -0.181. The van der Waals surface area contributed by atoms with Gasteiger partial charge < -0.3 is 24.0 Å². The summed E-state index contributed by atoms with van der Waals surface area (Å²) in [5.74, 6) is 2.43. The number of aromatic nitrogens is 2. The van der Waals surface area contributed by atoms with Crippen LogP contribution in [-0.2, 0) is 4.74 Å². The van der Waals surface area contributed by atoms with Crippen LogP contribution in [0.3, 0.4) is 0 Å². The lowest BCUT2D eigenvalue weighted by atomic mass is 10.0. The molecular weight excluding hydrogens is 370 g/mol. The molecule has 3 heterocycles. The van der Waals surface area contributed by atoms with E-state index in [1.807, 2.05) is 31.3 Å². The summed E-state index contributed by atoms with van der Waals surface area (Å²) in [5, 5.41) is 0. The van der Waals surface area contributed by atoms with Crippen molar-refractivity contribution >= 4 is 11.7 Å². The first-order valence-corrected chi connectivity index (χ1v) is 9.55. The van der Waals surface area contributed by atoms with E-state index >= 15 is 0 Å². The first kappa shape index (κ1) is 19.2. The van der Waals surface area contributed by atoms with Crippen LogP contribution in [-0.4, -0.2) is 73.2 Å². The summed E-state index contributed by atoms with van der Waals surface area (Å²) in [6, 6.07) is 7.65. The Morgan fingerprint density at radius 3 is 2.62 bits per heavy atom. The van der Waals surface area contributed by atoms with Crippen LogP contribution in [0.25, 0.3) is 5.70 Å². The lowest BCUT2D eigenvalue weighted by Crippen LogP contribution is -2.49. The zero-order valence-corrected chi connectivity index (χ0v) is 16.9. The predicted molar refractivity (Wildman–Crippen MR) is 110 cm³/mol. The van der Waals surface area contributed by atoms with Crippen molar-refractivity contribution < 1.29 is 14.2 Å². The Bertz CT molecular complexity index is 894. The molecule has 0 amide bonds. The molecule has 0 N–H and O–H groups in total.